The fourth-order valence-electron chi connectivity index (χ4n) is 2.87. The van der Waals surface area contributed by atoms with Gasteiger partial charge in [-0.05, 0) is 36.1 Å². The third-order valence-electron chi connectivity index (χ3n) is 3.57. The molecule has 82 valence electrons. The van der Waals surface area contributed by atoms with Crippen molar-refractivity contribution in [3.8, 4) is 0 Å². The quantitative estimate of drug-likeness (QED) is 0.630. The number of hydrogen-bond donors (Lipinski definition) is 0. The number of rotatable bonds is 0. The van der Waals surface area contributed by atoms with Crippen LogP contribution >= 0.6 is 0 Å². The van der Waals surface area contributed by atoms with Crippen LogP contribution in [-0.4, -0.2) is 10.8 Å². The van der Waals surface area contributed by atoms with Gasteiger partial charge in [-0.2, -0.15) is 0 Å². The minimum absolute atomic E-state index is 1.03. The van der Waals surface area contributed by atoms with Gasteiger partial charge in [0.25, 0.3) is 0 Å². The van der Waals surface area contributed by atoms with Crippen LogP contribution in [-0.2, 0) is 6.42 Å². The molecule has 4 rings (SSSR count). The molecule has 0 aromatic carbocycles. The molecule has 3 heterocycles. The van der Waals surface area contributed by atoms with E-state index < -0.39 is 0 Å². The molecule has 0 N–H and O–H groups in total. The zero-order chi connectivity index (χ0) is 11.2. The van der Waals surface area contributed by atoms with Crippen LogP contribution in [0.3, 0.4) is 0 Å². The monoisotopic (exact) mass is 220 g/mol. The lowest BCUT2D eigenvalue weighted by atomic mass is 9.98. The van der Waals surface area contributed by atoms with E-state index in [9.17, 15) is 0 Å². The predicted octanol–water partition coefficient (Wildman–Crippen LogP) is 1.46. The summed E-state index contributed by atoms with van der Waals surface area (Å²) in [7, 11) is 0. The van der Waals surface area contributed by atoms with E-state index in [0.717, 1.165) is 12.8 Å². The van der Waals surface area contributed by atoms with Crippen molar-refractivity contribution in [2.75, 3.05) is 0 Å². The first-order valence-corrected chi connectivity index (χ1v) is 5.94. The van der Waals surface area contributed by atoms with Crippen LogP contribution < -0.4 is 10.7 Å². The SMILES string of the molecule is C1=Cn2c3c(c4c2=C(C=CC4)C1)C=CN=CC=3. The number of aliphatic imine (C=N–C) groups is 1. The summed E-state index contributed by atoms with van der Waals surface area (Å²) in [6.45, 7) is 0. The zero-order valence-electron chi connectivity index (χ0n) is 9.43. The highest BCUT2D eigenvalue weighted by atomic mass is 15.0. The first-order chi connectivity index (χ1) is 8.45. The lowest BCUT2D eigenvalue weighted by molar-refractivity contribution is 1.01. The van der Waals surface area contributed by atoms with Gasteiger partial charge >= 0.3 is 0 Å². The number of aromatic nitrogens is 1. The zero-order valence-corrected chi connectivity index (χ0v) is 9.43. The highest BCUT2D eigenvalue weighted by molar-refractivity contribution is 5.93. The maximum atomic E-state index is 4.20. The van der Waals surface area contributed by atoms with Crippen LogP contribution in [0.4, 0.5) is 0 Å². The Bertz CT molecular complexity index is 737. The molecule has 2 nitrogen and oxygen atoms in total. The molecule has 1 aromatic heterocycles. The van der Waals surface area contributed by atoms with Gasteiger partial charge in [-0.15, -0.1) is 0 Å². The largest absolute Gasteiger partial charge is 0.316 e. The van der Waals surface area contributed by atoms with E-state index >= 15 is 0 Å². The van der Waals surface area contributed by atoms with E-state index in [0.29, 0.717) is 0 Å². The molecule has 0 amide bonds. The minimum atomic E-state index is 1.03. The molecule has 0 saturated carbocycles. The van der Waals surface area contributed by atoms with E-state index in [1.165, 1.54) is 27.4 Å². The molecule has 3 aliphatic rings. The van der Waals surface area contributed by atoms with Gasteiger partial charge in [-0.25, -0.2) is 0 Å². The second kappa shape index (κ2) is 3.20. The van der Waals surface area contributed by atoms with Crippen molar-refractivity contribution in [3.63, 3.8) is 0 Å². The Kier molecular flexibility index (Phi) is 1.69. The Labute approximate surface area is 99.3 Å². The molecule has 0 radical (unpaired) electrons. The summed E-state index contributed by atoms with van der Waals surface area (Å²) < 4.78 is 2.30. The van der Waals surface area contributed by atoms with Gasteiger partial charge in [-0.1, -0.05) is 18.2 Å². The maximum Gasteiger partial charge on any atom is 0.0547 e. The lowest BCUT2D eigenvalue weighted by Crippen LogP contribution is -2.28. The summed E-state index contributed by atoms with van der Waals surface area (Å²) in [5, 5.41) is 2.65. The van der Waals surface area contributed by atoms with Crippen LogP contribution in [0, 0.1) is 0 Å². The number of allylic oxidation sites excluding steroid dienone is 3. The average Bonchev–Trinajstić information content (AvgIpc) is 2.55. The fourth-order valence-corrected chi connectivity index (χ4v) is 2.87. The molecule has 17 heavy (non-hydrogen) atoms. The molecule has 0 atom stereocenters. The number of fused-ring (bicyclic) bond motifs is 3. The Hall–Kier alpha value is -2.09. The van der Waals surface area contributed by atoms with Gasteiger partial charge in [0, 0.05) is 24.2 Å². The molecule has 0 unspecified atom stereocenters. The van der Waals surface area contributed by atoms with E-state index in [4.69, 9.17) is 0 Å². The van der Waals surface area contributed by atoms with Crippen LogP contribution in [0.5, 0.6) is 0 Å². The molecule has 0 bridgehead atoms. The topological polar surface area (TPSA) is 17.3 Å². The van der Waals surface area contributed by atoms with E-state index in [1.54, 1.807) is 0 Å². The fraction of sp³-hybridized carbons (Fsp3) is 0.133. The summed E-state index contributed by atoms with van der Waals surface area (Å²) in [6, 6.07) is 0. The van der Waals surface area contributed by atoms with Gasteiger partial charge in [0.1, 0.15) is 0 Å². The van der Waals surface area contributed by atoms with Gasteiger partial charge in [0.05, 0.1) is 10.7 Å². The first-order valence-electron chi connectivity index (χ1n) is 5.94. The van der Waals surface area contributed by atoms with Crippen LogP contribution in [0.2, 0.25) is 0 Å². The highest BCUT2D eigenvalue weighted by Crippen LogP contribution is 2.18. The molecule has 0 fully saturated rings. The third kappa shape index (κ3) is 1.12. The molecule has 0 spiro atoms. The lowest BCUT2D eigenvalue weighted by Gasteiger charge is -2.11. The molecule has 1 aliphatic carbocycles. The van der Waals surface area contributed by atoms with Gasteiger partial charge in [0.15, 0.2) is 0 Å². The number of hydrogen-bond acceptors (Lipinski definition) is 1. The normalized spacial score (nSPS) is 18.7. The van der Waals surface area contributed by atoms with Crippen LogP contribution in [0.25, 0.3) is 23.9 Å². The van der Waals surface area contributed by atoms with Crippen LogP contribution in [0.15, 0.2) is 29.4 Å². The van der Waals surface area contributed by atoms with E-state index in [-0.39, 0.29) is 0 Å². The average molecular weight is 220 g/mol. The van der Waals surface area contributed by atoms with Gasteiger partial charge in [-0.3, -0.25) is 4.99 Å². The number of nitrogens with zero attached hydrogens (tertiary/aromatic N) is 2. The Morgan fingerprint density at radius 3 is 3.12 bits per heavy atom. The summed E-state index contributed by atoms with van der Waals surface area (Å²) in [5.41, 5.74) is 4.20. The third-order valence-corrected chi connectivity index (χ3v) is 3.57. The molecular weight excluding hydrogens is 208 g/mol. The second-order valence-corrected chi connectivity index (χ2v) is 4.50. The van der Waals surface area contributed by atoms with Crippen molar-refractivity contribution in [1.82, 2.24) is 4.57 Å². The van der Waals surface area contributed by atoms with Crippen molar-refractivity contribution in [3.05, 3.63) is 46.3 Å². The minimum Gasteiger partial charge on any atom is -0.316 e. The van der Waals surface area contributed by atoms with Crippen LogP contribution in [0.1, 0.15) is 17.5 Å². The molecule has 2 aliphatic heterocycles. The van der Waals surface area contributed by atoms with E-state index in [2.05, 4.69) is 46.1 Å². The van der Waals surface area contributed by atoms with Crippen molar-refractivity contribution in [2.24, 2.45) is 4.99 Å². The summed E-state index contributed by atoms with van der Waals surface area (Å²) in [5.74, 6) is 0. The standard InChI is InChI=1S/C15H12N2/c1-3-11-4-2-10-17-14-7-9-16-8-6-12(14)13(5-1)15(11)17/h1-3,6-10H,4-5H2. The molecule has 2 heteroatoms. The highest BCUT2D eigenvalue weighted by Gasteiger charge is 2.17. The Morgan fingerprint density at radius 1 is 1.12 bits per heavy atom. The van der Waals surface area contributed by atoms with Crippen molar-refractivity contribution in [1.29, 1.82) is 0 Å². The molecular formula is C15H12N2. The predicted molar refractivity (Wildman–Crippen MR) is 71.9 cm³/mol. The van der Waals surface area contributed by atoms with E-state index in [1.807, 2.05) is 12.4 Å². The van der Waals surface area contributed by atoms with Crippen molar-refractivity contribution >= 4 is 30.1 Å². The van der Waals surface area contributed by atoms with Gasteiger partial charge < -0.3 is 4.57 Å². The van der Waals surface area contributed by atoms with Crippen molar-refractivity contribution < 1.29 is 0 Å². The van der Waals surface area contributed by atoms with Gasteiger partial charge in [0.2, 0.25) is 0 Å². The first kappa shape index (κ1) is 8.99. The molecule has 1 aromatic rings. The summed E-state index contributed by atoms with van der Waals surface area (Å²) in [4.78, 5) is 4.20. The smallest absolute Gasteiger partial charge is 0.0547 e. The Balaban J connectivity index is 2.26. The second-order valence-electron chi connectivity index (χ2n) is 4.50. The van der Waals surface area contributed by atoms with Crippen molar-refractivity contribution in [2.45, 2.75) is 12.8 Å². The summed E-state index contributed by atoms with van der Waals surface area (Å²) >= 11 is 0. The summed E-state index contributed by atoms with van der Waals surface area (Å²) in [6.07, 6.45) is 19.0. The Morgan fingerprint density at radius 2 is 2.12 bits per heavy atom. The maximum absolute atomic E-state index is 4.20. The molecule has 0 saturated heterocycles.